The molecule has 0 heterocycles. The molecule has 1 N–H and O–H groups in total. The minimum atomic E-state index is -0.236. The normalized spacial score (nSPS) is 24.6. The van der Waals surface area contributed by atoms with E-state index in [4.69, 9.17) is 5.11 Å². The summed E-state index contributed by atoms with van der Waals surface area (Å²) < 4.78 is 0. The molecule has 1 rings (SSSR count). The van der Waals surface area contributed by atoms with E-state index in [2.05, 4.69) is 13.0 Å². The Hall–Kier alpha value is -0.560. The van der Waals surface area contributed by atoms with Crippen LogP contribution < -0.4 is 0 Å². The highest BCUT2D eigenvalue weighted by atomic mass is 16.3. The monoisotopic (exact) mass is 138 g/mol. The van der Waals surface area contributed by atoms with E-state index in [0.717, 1.165) is 12.8 Å². The van der Waals surface area contributed by atoms with E-state index >= 15 is 0 Å². The van der Waals surface area contributed by atoms with E-state index in [0.29, 0.717) is 0 Å². The van der Waals surface area contributed by atoms with Gasteiger partial charge in [-0.25, -0.2) is 0 Å². The van der Waals surface area contributed by atoms with Gasteiger partial charge in [0.1, 0.15) is 0 Å². The fourth-order valence-electron chi connectivity index (χ4n) is 1.13. The summed E-state index contributed by atoms with van der Waals surface area (Å²) in [6.07, 6.45) is 8.90. The third-order valence-corrected chi connectivity index (χ3v) is 1.69. The average Bonchev–Trinajstić information content (AvgIpc) is 1.95. The zero-order valence-electron chi connectivity index (χ0n) is 6.38. The molecule has 1 aliphatic rings. The van der Waals surface area contributed by atoms with Gasteiger partial charge in [0.2, 0.25) is 0 Å². The Kier molecular flexibility index (Phi) is 2.69. The number of hydrogen-bond acceptors (Lipinski definition) is 1. The fourth-order valence-corrected chi connectivity index (χ4v) is 1.13. The first kappa shape index (κ1) is 7.55. The molecule has 1 heteroatoms. The van der Waals surface area contributed by atoms with Crippen LogP contribution in [-0.4, -0.2) is 11.2 Å². The van der Waals surface area contributed by atoms with Crippen molar-refractivity contribution >= 4 is 0 Å². The van der Waals surface area contributed by atoms with E-state index in [1.165, 1.54) is 12.0 Å². The summed E-state index contributed by atoms with van der Waals surface area (Å²) in [6, 6.07) is 0. The molecule has 0 amide bonds. The Bertz CT molecular complexity index is 156. The lowest BCUT2D eigenvalue weighted by molar-refractivity contribution is 0.225. The Morgan fingerprint density at radius 3 is 3.00 bits per heavy atom. The molecule has 1 aliphatic carbocycles. The lowest BCUT2D eigenvalue weighted by Gasteiger charge is -2.09. The van der Waals surface area contributed by atoms with E-state index in [1.807, 2.05) is 12.2 Å². The summed E-state index contributed by atoms with van der Waals surface area (Å²) in [6.45, 7) is 2.17. The van der Waals surface area contributed by atoms with Crippen LogP contribution in [0.15, 0.2) is 23.8 Å². The van der Waals surface area contributed by atoms with Gasteiger partial charge in [-0.2, -0.15) is 0 Å². The highest BCUT2D eigenvalue weighted by molar-refractivity contribution is 5.23. The van der Waals surface area contributed by atoms with E-state index in [9.17, 15) is 0 Å². The van der Waals surface area contributed by atoms with Gasteiger partial charge in [0.15, 0.2) is 0 Å². The van der Waals surface area contributed by atoms with Crippen LogP contribution in [0.25, 0.3) is 0 Å². The molecular weight excluding hydrogens is 124 g/mol. The zero-order chi connectivity index (χ0) is 7.40. The van der Waals surface area contributed by atoms with E-state index in [1.54, 1.807) is 0 Å². The summed E-state index contributed by atoms with van der Waals surface area (Å²) in [4.78, 5) is 0. The molecule has 0 spiro atoms. The van der Waals surface area contributed by atoms with Crippen LogP contribution >= 0.6 is 0 Å². The first-order valence-electron chi connectivity index (χ1n) is 3.88. The van der Waals surface area contributed by atoms with Crippen molar-refractivity contribution < 1.29 is 5.11 Å². The smallest absolute Gasteiger partial charge is 0.0758 e. The summed E-state index contributed by atoms with van der Waals surface area (Å²) in [7, 11) is 0. The van der Waals surface area contributed by atoms with E-state index in [-0.39, 0.29) is 6.10 Å². The van der Waals surface area contributed by atoms with Gasteiger partial charge in [-0.15, -0.1) is 0 Å². The maximum atomic E-state index is 9.06. The number of rotatable bonds is 2. The van der Waals surface area contributed by atoms with E-state index < -0.39 is 0 Å². The molecule has 0 aromatic rings. The molecule has 56 valence electrons. The predicted molar refractivity (Wildman–Crippen MR) is 42.8 cm³/mol. The quantitative estimate of drug-likeness (QED) is 0.619. The Labute approximate surface area is 62.1 Å². The molecule has 1 atom stereocenters. The highest BCUT2D eigenvalue weighted by Crippen LogP contribution is 2.14. The van der Waals surface area contributed by atoms with Gasteiger partial charge in [0.25, 0.3) is 0 Å². The molecule has 10 heavy (non-hydrogen) atoms. The second-order valence-electron chi connectivity index (χ2n) is 2.69. The molecule has 0 saturated heterocycles. The van der Waals surface area contributed by atoms with Crippen molar-refractivity contribution in [2.24, 2.45) is 0 Å². The minimum Gasteiger partial charge on any atom is -0.389 e. The third kappa shape index (κ3) is 1.99. The van der Waals surface area contributed by atoms with Gasteiger partial charge in [-0.3, -0.25) is 0 Å². The molecule has 0 aromatic carbocycles. The molecule has 0 fully saturated rings. The molecule has 0 aliphatic heterocycles. The van der Waals surface area contributed by atoms with Crippen molar-refractivity contribution in [1.82, 2.24) is 0 Å². The first-order valence-corrected chi connectivity index (χ1v) is 3.88. The Morgan fingerprint density at radius 2 is 2.50 bits per heavy atom. The van der Waals surface area contributed by atoms with Crippen LogP contribution in [0.2, 0.25) is 0 Å². The third-order valence-electron chi connectivity index (χ3n) is 1.69. The number of aliphatic hydroxyl groups is 1. The van der Waals surface area contributed by atoms with Crippen LogP contribution in [0.3, 0.4) is 0 Å². The van der Waals surface area contributed by atoms with Gasteiger partial charge in [0.05, 0.1) is 6.10 Å². The van der Waals surface area contributed by atoms with Crippen LogP contribution in [0, 0.1) is 0 Å². The van der Waals surface area contributed by atoms with Gasteiger partial charge in [-0.1, -0.05) is 37.1 Å². The standard InChI is InChI=1S/C9H14O/c1-2-3-8-4-6-9(10)7-5-8/h4-6,9-10H,2-3,7H2,1H3. The van der Waals surface area contributed by atoms with Crippen LogP contribution in [0.4, 0.5) is 0 Å². The van der Waals surface area contributed by atoms with Gasteiger partial charge in [-0.05, 0) is 12.8 Å². The van der Waals surface area contributed by atoms with Crippen molar-refractivity contribution in [2.45, 2.75) is 32.3 Å². The highest BCUT2D eigenvalue weighted by Gasteiger charge is 2.02. The second-order valence-corrected chi connectivity index (χ2v) is 2.69. The molecule has 0 bridgehead atoms. The molecule has 0 aromatic heterocycles. The SMILES string of the molecule is CCCC1=CCC(O)C=C1. The van der Waals surface area contributed by atoms with Crippen molar-refractivity contribution in [3.63, 3.8) is 0 Å². The Balaban J connectivity index is 2.42. The average molecular weight is 138 g/mol. The second kappa shape index (κ2) is 3.57. The maximum absolute atomic E-state index is 9.06. The minimum absolute atomic E-state index is 0.236. The molecular formula is C9H14O. The summed E-state index contributed by atoms with van der Waals surface area (Å²) in [5, 5.41) is 9.06. The number of hydrogen-bond donors (Lipinski definition) is 1. The summed E-state index contributed by atoms with van der Waals surface area (Å²) in [5.41, 5.74) is 1.37. The van der Waals surface area contributed by atoms with Crippen molar-refractivity contribution in [3.8, 4) is 0 Å². The van der Waals surface area contributed by atoms with Crippen molar-refractivity contribution in [1.29, 1.82) is 0 Å². The molecule has 1 nitrogen and oxygen atoms in total. The largest absolute Gasteiger partial charge is 0.389 e. The number of allylic oxidation sites excluding steroid dienone is 2. The van der Waals surface area contributed by atoms with Crippen molar-refractivity contribution in [3.05, 3.63) is 23.8 Å². The predicted octanol–water partition coefficient (Wildman–Crippen LogP) is 2.03. The van der Waals surface area contributed by atoms with Crippen molar-refractivity contribution in [2.75, 3.05) is 0 Å². The lowest BCUT2D eigenvalue weighted by Crippen LogP contribution is -2.03. The molecule has 1 unspecified atom stereocenters. The van der Waals surface area contributed by atoms with Crippen LogP contribution in [-0.2, 0) is 0 Å². The summed E-state index contributed by atoms with van der Waals surface area (Å²) >= 11 is 0. The number of aliphatic hydroxyl groups excluding tert-OH is 1. The van der Waals surface area contributed by atoms with Crippen LogP contribution in [0.5, 0.6) is 0 Å². The zero-order valence-corrected chi connectivity index (χ0v) is 6.38. The first-order chi connectivity index (χ1) is 4.83. The topological polar surface area (TPSA) is 20.2 Å². The summed E-state index contributed by atoms with van der Waals surface area (Å²) in [5.74, 6) is 0. The molecule has 0 radical (unpaired) electrons. The van der Waals surface area contributed by atoms with Gasteiger partial charge >= 0.3 is 0 Å². The lowest BCUT2D eigenvalue weighted by atomic mass is 10.0. The van der Waals surface area contributed by atoms with Crippen LogP contribution in [0.1, 0.15) is 26.2 Å². The molecule has 0 saturated carbocycles. The van der Waals surface area contributed by atoms with Gasteiger partial charge < -0.3 is 5.11 Å². The fraction of sp³-hybridized carbons (Fsp3) is 0.556. The van der Waals surface area contributed by atoms with Gasteiger partial charge in [0, 0.05) is 0 Å². The maximum Gasteiger partial charge on any atom is 0.0758 e. The Morgan fingerprint density at radius 1 is 1.70 bits per heavy atom.